The van der Waals surface area contributed by atoms with Crippen molar-refractivity contribution in [2.45, 2.75) is 137 Å². The number of amides is 4. The van der Waals surface area contributed by atoms with Crippen LogP contribution in [0.25, 0.3) is 0 Å². The highest BCUT2D eigenvalue weighted by atomic mass is 16.6. The van der Waals surface area contributed by atoms with Crippen molar-refractivity contribution in [2.24, 2.45) is 23.7 Å². The molecule has 2 aromatic carbocycles. The first-order chi connectivity index (χ1) is 30.3. The number of rotatable bonds is 22. The minimum Gasteiger partial charge on any atom is -0.508 e. The number of phenolic OH excluding ortho intramolecular Hbond substituents is 1. The Labute approximate surface area is 376 Å². The third-order valence-corrected chi connectivity index (χ3v) is 11.5. The Balaban J connectivity index is 1.53. The predicted octanol–water partition coefficient (Wildman–Crippen LogP) is 4.73. The molecule has 1 aliphatic rings. The number of benzene rings is 2. The molecule has 1 aromatic heterocycles. The van der Waals surface area contributed by atoms with Crippen LogP contribution in [0.1, 0.15) is 104 Å². The second-order valence-electron chi connectivity index (χ2n) is 18.1. The number of carbonyl (C=O) groups is 7. The van der Waals surface area contributed by atoms with Crippen LogP contribution in [-0.4, -0.2) is 97.6 Å². The van der Waals surface area contributed by atoms with Gasteiger partial charge < -0.3 is 40.4 Å². The molecule has 64 heavy (non-hydrogen) atoms. The van der Waals surface area contributed by atoms with Gasteiger partial charge in [-0.2, -0.15) is 0 Å². The van der Waals surface area contributed by atoms with Crippen LogP contribution >= 0.6 is 0 Å². The summed E-state index contributed by atoms with van der Waals surface area (Å²) in [5, 5.41) is 18.4. The van der Waals surface area contributed by atoms with Crippen LogP contribution in [0.2, 0.25) is 0 Å². The highest BCUT2D eigenvalue weighted by molar-refractivity contribution is 5.96. The molecule has 0 bridgehead atoms. The second-order valence-corrected chi connectivity index (χ2v) is 18.1. The maximum Gasteiger partial charge on any atom is 0.328 e. The minimum atomic E-state index is -1.16. The van der Waals surface area contributed by atoms with Gasteiger partial charge in [0.05, 0.1) is 24.7 Å². The maximum atomic E-state index is 14.5. The largest absolute Gasteiger partial charge is 0.508 e. The Morgan fingerprint density at radius 1 is 0.844 bits per heavy atom. The molecule has 0 aliphatic carbocycles. The Hall–Kier alpha value is -6.06. The van der Waals surface area contributed by atoms with Crippen LogP contribution < -0.4 is 16.0 Å². The van der Waals surface area contributed by atoms with Crippen LogP contribution in [-0.2, 0) is 62.5 Å². The molecule has 16 heteroatoms. The van der Waals surface area contributed by atoms with Gasteiger partial charge in [-0.15, -0.1) is 0 Å². The van der Waals surface area contributed by atoms with E-state index in [0.29, 0.717) is 30.5 Å². The number of imidazole rings is 1. The van der Waals surface area contributed by atoms with Gasteiger partial charge in [0.1, 0.15) is 36.1 Å². The summed E-state index contributed by atoms with van der Waals surface area (Å²) in [4.78, 5) is 105. The lowest BCUT2D eigenvalue weighted by Gasteiger charge is -2.31. The molecule has 1 unspecified atom stereocenters. The lowest BCUT2D eigenvalue weighted by Crippen LogP contribution is -2.56. The molecule has 5 N–H and O–H groups in total. The van der Waals surface area contributed by atoms with Crippen molar-refractivity contribution in [3.05, 3.63) is 83.9 Å². The SMILES string of the molecule is CCC(C)[C@H](CC(=O)[C@H](Cc1ccc(O)cc1)NC(=O)[C@@H](CC(=O)OC(C)(C)C)C(C)C)C(=O)N[C@@H](Cc1cnc[nH]1)C(=O)N1CCC[C@H]1C(=O)N[C@H](C)C(=O)OCc1ccccc1. The number of hydrogen-bond donors (Lipinski definition) is 5. The van der Waals surface area contributed by atoms with Gasteiger partial charge >= 0.3 is 11.9 Å². The fraction of sp³-hybridized carbons (Fsp3) is 0.542. The first-order valence-electron chi connectivity index (χ1n) is 22.2. The summed E-state index contributed by atoms with van der Waals surface area (Å²) in [7, 11) is 0. The number of ether oxygens (including phenoxy) is 2. The summed E-state index contributed by atoms with van der Waals surface area (Å²) in [6.07, 6.45) is 3.88. The molecule has 3 aromatic rings. The maximum absolute atomic E-state index is 14.5. The van der Waals surface area contributed by atoms with Crippen LogP contribution in [0.4, 0.5) is 0 Å². The van der Waals surface area contributed by atoms with Crippen LogP contribution in [0.3, 0.4) is 0 Å². The number of aromatic amines is 1. The van der Waals surface area contributed by atoms with Gasteiger partial charge in [0.25, 0.3) is 0 Å². The summed E-state index contributed by atoms with van der Waals surface area (Å²) in [6.45, 7) is 14.3. The number of nitrogens with one attached hydrogen (secondary N) is 4. The average molecular weight is 887 g/mol. The van der Waals surface area contributed by atoms with Crippen molar-refractivity contribution in [3.63, 3.8) is 0 Å². The molecular weight excluding hydrogens is 821 g/mol. The predicted molar refractivity (Wildman–Crippen MR) is 238 cm³/mol. The highest BCUT2D eigenvalue weighted by Gasteiger charge is 2.40. The fourth-order valence-electron chi connectivity index (χ4n) is 7.60. The summed E-state index contributed by atoms with van der Waals surface area (Å²) < 4.78 is 10.9. The van der Waals surface area contributed by atoms with E-state index in [1.54, 1.807) is 46.8 Å². The van der Waals surface area contributed by atoms with Crippen molar-refractivity contribution >= 4 is 41.4 Å². The zero-order chi connectivity index (χ0) is 47.1. The number of ketones is 1. The molecule has 4 rings (SSSR count). The Morgan fingerprint density at radius 3 is 2.11 bits per heavy atom. The molecule has 7 atom stereocenters. The van der Waals surface area contributed by atoms with E-state index in [0.717, 1.165) is 5.56 Å². The number of esters is 2. The molecule has 0 radical (unpaired) electrons. The third-order valence-electron chi connectivity index (χ3n) is 11.5. The number of carbonyl (C=O) groups excluding carboxylic acids is 7. The van der Waals surface area contributed by atoms with E-state index in [-0.39, 0.29) is 56.4 Å². The lowest BCUT2D eigenvalue weighted by molar-refractivity contribution is -0.158. The minimum absolute atomic E-state index is 0.00652. The number of hydrogen-bond acceptors (Lipinski definition) is 11. The standard InChI is InChI=1S/C48H66N6O10/c1-9-30(4)37(24-41(56)38(22-32-17-19-35(55)20-18-32)52-43(58)36(29(2)3)25-42(57)64-48(6,7)8)44(59)53-39(23-34-26-49-28-50-34)46(61)54-21-13-16-40(54)45(60)51-31(5)47(62)63-27-33-14-11-10-12-15-33/h10-12,14-15,17-20,26,28-31,36-40,55H,9,13,16,21-25,27H2,1-8H3,(H,49,50)(H,51,60)(H,52,58)(H,53,59)/t30?,31-,36+,37+,38+,39+,40+/m1/s1. The topological polar surface area (TPSA) is 226 Å². The van der Waals surface area contributed by atoms with E-state index in [1.807, 2.05) is 44.2 Å². The van der Waals surface area contributed by atoms with E-state index in [2.05, 4.69) is 25.9 Å². The zero-order valence-electron chi connectivity index (χ0n) is 38.3. The van der Waals surface area contributed by atoms with Gasteiger partial charge in [0, 0.05) is 37.2 Å². The van der Waals surface area contributed by atoms with Crippen LogP contribution in [0, 0.1) is 23.7 Å². The van der Waals surface area contributed by atoms with Crippen molar-refractivity contribution < 1.29 is 48.1 Å². The molecule has 1 fully saturated rings. The summed E-state index contributed by atoms with van der Waals surface area (Å²) in [5.74, 6) is -6.11. The van der Waals surface area contributed by atoms with Gasteiger partial charge in [-0.1, -0.05) is 76.6 Å². The second kappa shape index (κ2) is 23.6. The lowest BCUT2D eigenvalue weighted by atomic mass is 9.84. The van der Waals surface area contributed by atoms with Gasteiger partial charge in [-0.25, -0.2) is 9.78 Å². The van der Waals surface area contributed by atoms with Crippen molar-refractivity contribution in [1.29, 1.82) is 0 Å². The summed E-state index contributed by atoms with van der Waals surface area (Å²) in [6, 6.07) is 11.2. The van der Waals surface area contributed by atoms with Gasteiger partial charge in [0.15, 0.2) is 5.78 Å². The van der Waals surface area contributed by atoms with Gasteiger partial charge in [0.2, 0.25) is 23.6 Å². The number of aromatic hydroxyl groups is 1. The first kappa shape index (κ1) is 50.6. The fourth-order valence-corrected chi connectivity index (χ4v) is 7.60. The number of H-pyrrole nitrogens is 1. The average Bonchev–Trinajstić information content (AvgIpc) is 3.96. The van der Waals surface area contributed by atoms with Gasteiger partial charge in [-0.3, -0.25) is 28.8 Å². The monoisotopic (exact) mass is 886 g/mol. The first-order valence-corrected chi connectivity index (χ1v) is 22.2. The van der Waals surface area contributed by atoms with Crippen LogP contribution in [0.15, 0.2) is 67.1 Å². The molecule has 0 saturated carbocycles. The van der Waals surface area contributed by atoms with Crippen LogP contribution in [0.5, 0.6) is 5.75 Å². The highest BCUT2D eigenvalue weighted by Crippen LogP contribution is 2.25. The Bertz CT molecular complexity index is 2030. The van der Waals surface area contributed by atoms with Crippen molar-refractivity contribution in [2.75, 3.05) is 6.54 Å². The smallest absolute Gasteiger partial charge is 0.328 e. The van der Waals surface area contributed by atoms with Gasteiger partial charge in [-0.05, 0) is 82.1 Å². The third kappa shape index (κ3) is 15.3. The Morgan fingerprint density at radius 2 is 1.50 bits per heavy atom. The van der Waals surface area contributed by atoms with E-state index < -0.39 is 83.0 Å². The molecule has 1 aliphatic heterocycles. The molecule has 1 saturated heterocycles. The van der Waals surface area contributed by atoms with Crippen molar-refractivity contribution in [3.8, 4) is 5.75 Å². The molecule has 4 amide bonds. The number of phenols is 1. The number of nitrogens with zero attached hydrogens (tertiary/aromatic N) is 2. The normalized spacial score (nSPS) is 16.7. The van der Waals surface area contributed by atoms with E-state index in [9.17, 15) is 38.7 Å². The van der Waals surface area contributed by atoms with E-state index in [4.69, 9.17) is 9.47 Å². The number of likely N-dealkylation sites (tertiary alicyclic amines) is 1. The number of Topliss-reactive ketones (excluding diaryl/α,β-unsaturated/α-hetero) is 1. The molecule has 348 valence electrons. The molecular formula is C48H66N6O10. The Kier molecular flexibility index (Phi) is 18.6. The zero-order valence-corrected chi connectivity index (χ0v) is 38.3. The van der Waals surface area contributed by atoms with Crippen molar-refractivity contribution in [1.82, 2.24) is 30.8 Å². The molecule has 16 nitrogen and oxygen atoms in total. The number of aromatic nitrogens is 2. The van der Waals surface area contributed by atoms with E-state index >= 15 is 0 Å². The molecule has 2 heterocycles. The summed E-state index contributed by atoms with van der Waals surface area (Å²) in [5.41, 5.74) is 1.22. The summed E-state index contributed by atoms with van der Waals surface area (Å²) >= 11 is 0. The van der Waals surface area contributed by atoms with E-state index in [1.165, 1.54) is 36.5 Å². The molecule has 0 spiro atoms. The quantitative estimate of drug-likeness (QED) is 0.0867.